The molecule has 8 nitrogen and oxygen atoms in total. The maximum absolute atomic E-state index is 12.3. The summed E-state index contributed by atoms with van der Waals surface area (Å²) in [7, 11) is 4.79. The Morgan fingerprint density at radius 3 is 2.45 bits per heavy atom. The molecule has 2 aromatic carbocycles. The molecule has 0 aliphatic rings. The Morgan fingerprint density at radius 2 is 1.77 bits per heavy atom. The smallest absolute Gasteiger partial charge is 0.226 e. The average molecular weight is 425 g/mol. The highest BCUT2D eigenvalue weighted by Gasteiger charge is 2.14. The Hall–Kier alpha value is -3.55. The predicted molar refractivity (Wildman–Crippen MR) is 115 cm³/mol. The molecule has 0 spiro atoms. The van der Waals surface area contributed by atoms with E-state index < -0.39 is 0 Å². The number of carbonyl (C=O) groups excluding carboxylic acids is 1. The number of hydrogen-bond acceptors (Lipinski definition) is 7. The van der Waals surface area contributed by atoms with Gasteiger partial charge in [0.05, 0.1) is 27.4 Å². The van der Waals surface area contributed by atoms with Crippen molar-refractivity contribution in [1.29, 1.82) is 0 Å². The first-order chi connectivity index (χ1) is 15.0. The summed E-state index contributed by atoms with van der Waals surface area (Å²) in [5.74, 6) is 3.03. The third-order valence-corrected chi connectivity index (χ3v) is 4.90. The average Bonchev–Trinajstić information content (AvgIpc) is 3.27. The van der Waals surface area contributed by atoms with Crippen LogP contribution in [-0.2, 0) is 11.2 Å². The van der Waals surface area contributed by atoms with Gasteiger partial charge in [0, 0.05) is 18.4 Å². The summed E-state index contributed by atoms with van der Waals surface area (Å²) in [6.07, 6.45) is 1.49. The van der Waals surface area contributed by atoms with Crippen LogP contribution in [0, 0.1) is 0 Å². The second-order valence-corrected chi connectivity index (χ2v) is 7.00. The Labute approximate surface area is 181 Å². The Morgan fingerprint density at radius 1 is 1.03 bits per heavy atom. The molecule has 3 aromatic rings. The van der Waals surface area contributed by atoms with Crippen LogP contribution < -0.4 is 19.5 Å². The van der Waals surface area contributed by atoms with E-state index in [-0.39, 0.29) is 11.9 Å². The van der Waals surface area contributed by atoms with Gasteiger partial charge in [0.15, 0.2) is 11.5 Å². The van der Waals surface area contributed by atoms with Gasteiger partial charge in [0.2, 0.25) is 17.6 Å². The van der Waals surface area contributed by atoms with Crippen molar-refractivity contribution in [2.75, 3.05) is 21.3 Å². The monoisotopic (exact) mass is 425 g/mol. The van der Waals surface area contributed by atoms with Gasteiger partial charge in [-0.25, -0.2) is 0 Å². The molecule has 0 fully saturated rings. The molecule has 8 heteroatoms. The summed E-state index contributed by atoms with van der Waals surface area (Å²) < 4.78 is 21.0. The summed E-state index contributed by atoms with van der Waals surface area (Å²) in [6, 6.07) is 12.9. The highest BCUT2D eigenvalue weighted by molar-refractivity contribution is 5.76. The van der Waals surface area contributed by atoms with Gasteiger partial charge < -0.3 is 24.1 Å². The van der Waals surface area contributed by atoms with Crippen LogP contribution in [0.2, 0.25) is 0 Å². The number of hydrogen-bond donors (Lipinski definition) is 1. The number of rotatable bonds is 10. The quantitative estimate of drug-likeness (QED) is 0.525. The number of ether oxygens (including phenoxy) is 3. The van der Waals surface area contributed by atoms with Crippen molar-refractivity contribution in [3.63, 3.8) is 0 Å². The number of benzene rings is 2. The highest BCUT2D eigenvalue weighted by Crippen LogP contribution is 2.30. The minimum Gasteiger partial charge on any atom is -0.497 e. The van der Waals surface area contributed by atoms with Crippen molar-refractivity contribution in [1.82, 2.24) is 15.5 Å². The molecule has 1 atom stereocenters. The van der Waals surface area contributed by atoms with Crippen LogP contribution in [0.15, 0.2) is 47.0 Å². The van der Waals surface area contributed by atoms with E-state index in [9.17, 15) is 4.79 Å². The summed E-state index contributed by atoms with van der Waals surface area (Å²) in [4.78, 5) is 16.7. The van der Waals surface area contributed by atoms with Gasteiger partial charge in [-0.3, -0.25) is 4.79 Å². The topological polar surface area (TPSA) is 95.7 Å². The lowest BCUT2D eigenvalue weighted by molar-refractivity contribution is -0.121. The van der Waals surface area contributed by atoms with Crippen LogP contribution in [0.5, 0.6) is 17.2 Å². The van der Waals surface area contributed by atoms with E-state index in [0.29, 0.717) is 42.5 Å². The molecule has 0 aliphatic carbocycles. The lowest BCUT2D eigenvalue weighted by Crippen LogP contribution is -2.26. The van der Waals surface area contributed by atoms with Gasteiger partial charge in [-0.05, 0) is 55.3 Å². The molecule has 0 saturated heterocycles. The zero-order valence-corrected chi connectivity index (χ0v) is 18.2. The Kier molecular flexibility index (Phi) is 7.48. The largest absolute Gasteiger partial charge is 0.497 e. The molecule has 1 aromatic heterocycles. The molecule has 0 aliphatic heterocycles. The number of methoxy groups -OCH3 is 3. The number of amides is 1. The van der Waals surface area contributed by atoms with E-state index >= 15 is 0 Å². The molecule has 1 unspecified atom stereocenters. The van der Waals surface area contributed by atoms with E-state index in [4.69, 9.17) is 18.7 Å². The normalized spacial score (nSPS) is 11.6. The van der Waals surface area contributed by atoms with Gasteiger partial charge >= 0.3 is 0 Å². The van der Waals surface area contributed by atoms with Crippen LogP contribution in [0.1, 0.15) is 37.3 Å². The number of aromatic nitrogens is 2. The van der Waals surface area contributed by atoms with Gasteiger partial charge in [0.1, 0.15) is 5.75 Å². The van der Waals surface area contributed by atoms with E-state index in [1.54, 1.807) is 21.3 Å². The van der Waals surface area contributed by atoms with Crippen molar-refractivity contribution < 1.29 is 23.5 Å². The van der Waals surface area contributed by atoms with Crippen molar-refractivity contribution in [3.8, 4) is 28.6 Å². The van der Waals surface area contributed by atoms with Gasteiger partial charge in [-0.15, -0.1) is 0 Å². The van der Waals surface area contributed by atoms with Crippen molar-refractivity contribution >= 4 is 5.91 Å². The Balaban J connectivity index is 1.48. The number of nitrogens with zero attached hydrogens (tertiary/aromatic N) is 2. The first kappa shape index (κ1) is 22.1. The van der Waals surface area contributed by atoms with Crippen molar-refractivity contribution in [2.45, 2.75) is 32.2 Å². The SMILES string of the molecule is COc1ccc(-c2noc(CCCC(=O)NC(C)c3ccc(OC)c(OC)c3)n2)cc1. The van der Waals surface area contributed by atoms with Gasteiger partial charge in [-0.1, -0.05) is 11.2 Å². The highest BCUT2D eigenvalue weighted by atomic mass is 16.5. The zero-order valence-electron chi connectivity index (χ0n) is 18.2. The van der Waals surface area contributed by atoms with E-state index in [2.05, 4.69) is 15.5 Å². The molecule has 0 saturated carbocycles. The van der Waals surface area contributed by atoms with Crippen molar-refractivity contribution in [2.24, 2.45) is 0 Å². The number of nitrogens with one attached hydrogen (secondary N) is 1. The molecular formula is C23H27N3O5. The summed E-state index contributed by atoms with van der Waals surface area (Å²) in [6.45, 7) is 1.93. The summed E-state index contributed by atoms with van der Waals surface area (Å²) in [5, 5.41) is 7.01. The number of carbonyl (C=O) groups is 1. The third kappa shape index (κ3) is 5.75. The van der Waals surface area contributed by atoms with E-state index in [1.165, 1.54) is 0 Å². The van der Waals surface area contributed by atoms with Gasteiger partial charge in [0.25, 0.3) is 0 Å². The summed E-state index contributed by atoms with van der Waals surface area (Å²) >= 11 is 0. The molecule has 1 N–H and O–H groups in total. The molecule has 0 radical (unpaired) electrons. The predicted octanol–water partition coefficient (Wildman–Crippen LogP) is 3.96. The van der Waals surface area contributed by atoms with E-state index in [0.717, 1.165) is 16.9 Å². The van der Waals surface area contributed by atoms with Crippen LogP contribution in [0.25, 0.3) is 11.4 Å². The van der Waals surface area contributed by atoms with Crippen LogP contribution in [0.4, 0.5) is 0 Å². The zero-order chi connectivity index (χ0) is 22.2. The van der Waals surface area contributed by atoms with E-state index in [1.807, 2.05) is 49.4 Å². The molecule has 31 heavy (non-hydrogen) atoms. The first-order valence-electron chi connectivity index (χ1n) is 10.0. The molecule has 164 valence electrons. The maximum Gasteiger partial charge on any atom is 0.226 e. The third-order valence-electron chi connectivity index (χ3n) is 4.90. The molecule has 0 bridgehead atoms. The lowest BCUT2D eigenvalue weighted by atomic mass is 10.1. The minimum atomic E-state index is -0.155. The van der Waals surface area contributed by atoms with Crippen LogP contribution in [0.3, 0.4) is 0 Å². The molecule has 1 amide bonds. The van der Waals surface area contributed by atoms with Crippen LogP contribution in [-0.4, -0.2) is 37.4 Å². The molecule has 1 heterocycles. The Bertz CT molecular complexity index is 1000. The molecule has 3 rings (SSSR count). The van der Waals surface area contributed by atoms with Crippen LogP contribution >= 0.6 is 0 Å². The fraction of sp³-hybridized carbons (Fsp3) is 0.348. The van der Waals surface area contributed by atoms with Gasteiger partial charge in [-0.2, -0.15) is 4.98 Å². The second kappa shape index (κ2) is 10.5. The first-order valence-corrected chi connectivity index (χ1v) is 10.0. The fourth-order valence-corrected chi connectivity index (χ4v) is 3.13. The fourth-order valence-electron chi connectivity index (χ4n) is 3.13. The molecular weight excluding hydrogens is 398 g/mol. The second-order valence-electron chi connectivity index (χ2n) is 7.00. The summed E-state index contributed by atoms with van der Waals surface area (Å²) in [5.41, 5.74) is 1.78. The maximum atomic E-state index is 12.3. The lowest BCUT2D eigenvalue weighted by Gasteiger charge is -2.16. The van der Waals surface area contributed by atoms with Crippen molar-refractivity contribution in [3.05, 3.63) is 53.9 Å². The number of aryl methyl sites for hydroxylation is 1. The minimum absolute atomic E-state index is 0.0443. The standard InChI is InChI=1S/C23H27N3O5/c1-15(17-10-13-19(29-3)20(14-17)30-4)24-21(27)6-5-7-22-25-23(26-31-22)16-8-11-18(28-2)12-9-16/h8-15H,5-7H2,1-4H3,(H,24,27).